The molecule has 3 heterocycles. The first-order chi connectivity index (χ1) is 13.0. The van der Waals surface area contributed by atoms with Crippen LogP contribution in [-0.2, 0) is 0 Å². The van der Waals surface area contributed by atoms with Crippen LogP contribution in [-0.4, -0.2) is 42.0 Å². The van der Waals surface area contributed by atoms with E-state index in [9.17, 15) is 4.79 Å². The molecule has 6 nitrogen and oxygen atoms in total. The van der Waals surface area contributed by atoms with E-state index in [4.69, 9.17) is 4.74 Å². The quantitative estimate of drug-likeness (QED) is 0.841. The smallest absolute Gasteiger partial charge is 0.229 e. The summed E-state index contributed by atoms with van der Waals surface area (Å²) in [7, 11) is 1.63. The van der Waals surface area contributed by atoms with Crippen molar-refractivity contribution in [2.24, 2.45) is 5.92 Å². The van der Waals surface area contributed by atoms with Gasteiger partial charge in [-0.2, -0.15) is 0 Å². The molecule has 2 unspecified atom stereocenters. The first kappa shape index (κ1) is 17.7. The molecule has 0 saturated carbocycles. The fourth-order valence-electron chi connectivity index (χ4n) is 3.97. The van der Waals surface area contributed by atoms with Gasteiger partial charge in [-0.15, -0.1) is 0 Å². The Labute approximate surface area is 159 Å². The Morgan fingerprint density at radius 2 is 1.93 bits per heavy atom. The van der Waals surface area contributed by atoms with Gasteiger partial charge >= 0.3 is 0 Å². The molecule has 2 aromatic rings. The summed E-state index contributed by atoms with van der Waals surface area (Å²) in [5.41, 5.74) is 4.69. The van der Waals surface area contributed by atoms with Gasteiger partial charge in [0.1, 0.15) is 5.75 Å². The van der Waals surface area contributed by atoms with E-state index < -0.39 is 0 Å². The predicted octanol–water partition coefficient (Wildman–Crippen LogP) is 2.59. The largest absolute Gasteiger partial charge is 0.497 e. The van der Waals surface area contributed by atoms with Crippen LogP contribution in [0.2, 0.25) is 0 Å². The Morgan fingerprint density at radius 3 is 2.59 bits per heavy atom. The van der Waals surface area contributed by atoms with Gasteiger partial charge < -0.3 is 15.0 Å². The number of ether oxygens (including phenoxy) is 1. The molecule has 27 heavy (non-hydrogen) atoms. The number of nitrogens with one attached hydrogen (secondary N) is 1. The topological polar surface area (TPSA) is 67.3 Å². The summed E-state index contributed by atoms with van der Waals surface area (Å²) >= 11 is 0. The van der Waals surface area contributed by atoms with Gasteiger partial charge in [-0.1, -0.05) is 0 Å². The summed E-state index contributed by atoms with van der Waals surface area (Å²) in [6, 6.07) is 7.27. The number of benzene rings is 1. The van der Waals surface area contributed by atoms with Crippen molar-refractivity contribution in [1.29, 1.82) is 0 Å². The van der Waals surface area contributed by atoms with Crippen LogP contribution in [0.3, 0.4) is 0 Å². The van der Waals surface area contributed by atoms with Crippen LogP contribution in [0.4, 0.5) is 5.95 Å². The molecule has 0 amide bonds. The Bertz CT molecular complexity index is 918. The molecule has 6 heteroatoms. The highest BCUT2D eigenvalue weighted by molar-refractivity contribution is 6.03. The summed E-state index contributed by atoms with van der Waals surface area (Å²) in [5, 5.41) is 3.39. The summed E-state index contributed by atoms with van der Waals surface area (Å²) in [6.45, 7) is 7.49. The van der Waals surface area contributed by atoms with E-state index in [1.807, 2.05) is 45.0 Å². The Balaban J connectivity index is 1.61. The number of Topliss-reactive ketones (excluding diaryl/α,β-unsaturated/α-hetero) is 1. The van der Waals surface area contributed by atoms with Gasteiger partial charge in [0, 0.05) is 42.2 Å². The molecule has 0 radical (unpaired) electrons. The molecule has 4 rings (SSSR count). The van der Waals surface area contributed by atoms with Gasteiger partial charge in [0.05, 0.1) is 13.2 Å². The maximum Gasteiger partial charge on any atom is 0.229 e. The molecule has 1 N–H and O–H groups in total. The van der Waals surface area contributed by atoms with E-state index in [1.165, 1.54) is 0 Å². The zero-order chi connectivity index (χ0) is 19.1. The maximum atomic E-state index is 13.2. The first-order valence-electron chi connectivity index (χ1n) is 9.19. The number of aryl methyl sites for hydroxylation is 3. The number of rotatable bonds is 4. The van der Waals surface area contributed by atoms with Crippen molar-refractivity contribution in [3.63, 3.8) is 0 Å². The van der Waals surface area contributed by atoms with Crippen LogP contribution in [0.15, 0.2) is 36.0 Å². The van der Waals surface area contributed by atoms with Gasteiger partial charge in [0.15, 0.2) is 5.78 Å². The standard InChI is InChI=1S/C21H24N4O2/c1-12-7-16(27-4)5-6-17(12)20(26)19-18-11-25(10-15(18)9-22-19)21-23-13(2)8-14(3)24-21/h5-8,11,15,19,22H,9-10H2,1-4H3. The fraction of sp³-hybridized carbons (Fsp3) is 0.381. The minimum absolute atomic E-state index is 0.104. The van der Waals surface area contributed by atoms with Crippen molar-refractivity contribution in [3.8, 4) is 5.75 Å². The molecule has 0 bridgehead atoms. The predicted molar refractivity (Wildman–Crippen MR) is 104 cm³/mol. The number of ketones is 1. The number of aromatic nitrogens is 2. The molecule has 0 spiro atoms. The molecule has 1 aromatic heterocycles. The van der Waals surface area contributed by atoms with Crippen molar-refractivity contribution < 1.29 is 9.53 Å². The van der Waals surface area contributed by atoms with Crippen LogP contribution in [0.5, 0.6) is 5.75 Å². The molecule has 1 aromatic carbocycles. The third-order valence-electron chi connectivity index (χ3n) is 5.28. The lowest BCUT2D eigenvalue weighted by Gasteiger charge is -2.17. The summed E-state index contributed by atoms with van der Waals surface area (Å²) in [6.07, 6.45) is 2.06. The van der Waals surface area contributed by atoms with E-state index in [-0.39, 0.29) is 11.8 Å². The fourth-order valence-corrected chi connectivity index (χ4v) is 3.97. The van der Waals surface area contributed by atoms with Crippen molar-refractivity contribution in [2.45, 2.75) is 26.8 Å². The molecular formula is C21H24N4O2. The van der Waals surface area contributed by atoms with Crippen molar-refractivity contribution >= 4 is 11.7 Å². The lowest BCUT2D eigenvalue weighted by atomic mass is 9.93. The average Bonchev–Trinajstić information content (AvgIpc) is 3.20. The normalized spacial score (nSPS) is 21.2. The number of hydrogen-bond donors (Lipinski definition) is 1. The highest BCUT2D eigenvalue weighted by Gasteiger charge is 2.40. The molecule has 2 aliphatic rings. The Kier molecular flexibility index (Phi) is 4.44. The minimum Gasteiger partial charge on any atom is -0.497 e. The molecular weight excluding hydrogens is 340 g/mol. The van der Waals surface area contributed by atoms with Crippen molar-refractivity contribution in [1.82, 2.24) is 15.3 Å². The average molecular weight is 364 g/mol. The molecule has 1 fully saturated rings. The number of carbonyl (C=O) groups is 1. The lowest BCUT2D eigenvalue weighted by Crippen LogP contribution is -2.33. The molecule has 140 valence electrons. The van der Waals surface area contributed by atoms with Crippen LogP contribution in [0, 0.1) is 26.7 Å². The molecule has 0 aliphatic carbocycles. The van der Waals surface area contributed by atoms with Crippen molar-refractivity contribution in [2.75, 3.05) is 25.1 Å². The van der Waals surface area contributed by atoms with Crippen LogP contribution in [0.25, 0.3) is 0 Å². The van der Waals surface area contributed by atoms with Gasteiger partial charge in [0.25, 0.3) is 0 Å². The second-order valence-electron chi connectivity index (χ2n) is 7.32. The molecule has 1 saturated heterocycles. The highest BCUT2D eigenvalue weighted by Crippen LogP contribution is 2.33. The minimum atomic E-state index is -0.294. The van der Waals surface area contributed by atoms with Crippen LogP contribution >= 0.6 is 0 Å². The SMILES string of the molecule is COc1ccc(C(=O)C2NCC3CN(c4nc(C)cc(C)n4)C=C32)c(C)c1. The van der Waals surface area contributed by atoms with Gasteiger partial charge in [0.2, 0.25) is 5.95 Å². The van der Waals surface area contributed by atoms with E-state index in [0.29, 0.717) is 11.9 Å². The second-order valence-corrected chi connectivity index (χ2v) is 7.32. The summed E-state index contributed by atoms with van der Waals surface area (Å²) in [4.78, 5) is 24.4. The lowest BCUT2D eigenvalue weighted by molar-refractivity contribution is 0.0965. The first-order valence-corrected chi connectivity index (χ1v) is 9.19. The van der Waals surface area contributed by atoms with Crippen molar-refractivity contribution in [3.05, 3.63) is 58.6 Å². The Hall–Kier alpha value is -2.73. The van der Waals surface area contributed by atoms with E-state index in [2.05, 4.69) is 26.4 Å². The Morgan fingerprint density at radius 1 is 1.19 bits per heavy atom. The van der Waals surface area contributed by atoms with E-state index in [1.54, 1.807) is 7.11 Å². The van der Waals surface area contributed by atoms with E-state index in [0.717, 1.165) is 46.9 Å². The zero-order valence-electron chi connectivity index (χ0n) is 16.1. The number of anilines is 1. The maximum absolute atomic E-state index is 13.2. The van der Waals surface area contributed by atoms with E-state index >= 15 is 0 Å². The third kappa shape index (κ3) is 3.21. The number of hydrogen-bond acceptors (Lipinski definition) is 6. The van der Waals surface area contributed by atoms with Gasteiger partial charge in [-0.25, -0.2) is 9.97 Å². The second kappa shape index (κ2) is 6.78. The number of methoxy groups -OCH3 is 1. The number of fused-ring (bicyclic) bond motifs is 1. The highest BCUT2D eigenvalue weighted by atomic mass is 16.5. The molecule has 2 atom stereocenters. The number of carbonyl (C=O) groups excluding carboxylic acids is 1. The zero-order valence-corrected chi connectivity index (χ0v) is 16.1. The summed E-state index contributed by atoms with van der Waals surface area (Å²) in [5.74, 6) is 1.88. The van der Waals surface area contributed by atoms with Gasteiger partial charge in [-0.3, -0.25) is 4.79 Å². The van der Waals surface area contributed by atoms with Crippen LogP contribution in [0.1, 0.15) is 27.3 Å². The molecule has 2 aliphatic heterocycles. The number of nitrogens with zero attached hydrogens (tertiary/aromatic N) is 3. The third-order valence-corrected chi connectivity index (χ3v) is 5.28. The van der Waals surface area contributed by atoms with Crippen LogP contribution < -0.4 is 15.0 Å². The summed E-state index contributed by atoms with van der Waals surface area (Å²) < 4.78 is 5.25. The monoisotopic (exact) mass is 364 g/mol. The van der Waals surface area contributed by atoms with Gasteiger partial charge in [-0.05, 0) is 56.2 Å².